The number of hydrogen-bond acceptors (Lipinski definition) is 3. The largest absolute Gasteiger partial charge is 0.494 e. The van der Waals surface area contributed by atoms with Gasteiger partial charge in [-0.15, -0.1) is 0 Å². The first-order chi connectivity index (χ1) is 12.7. The van der Waals surface area contributed by atoms with Gasteiger partial charge in [0.15, 0.2) is 0 Å². The highest BCUT2D eigenvalue weighted by Gasteiger charge is 2.27. The van der Waals surface area contributed by atoms with Crippen LogP contribution in [0.2, 0.25) is 0 Å². The van der Waals surface area contributed by atoms with Gasteiger partial charge < -0.3 is 19.9 Å². The Hall–Kier alpha value is -1.82. The summed E-state index contributed by atoms with van der Waals surface area (Å²) in [6.45, 7) is 5.43. The van der Waals surface area contributed by atoms with Crippen LogP contribution in [0.25, 0.3) is 0 Å². The standard InChI is InChI=1S/C20H30FN3O2/c21-17-5-7-19(8-6-17)26-16-4-1-11-22-20(25)24-14-9-18(10-15-24)23-12-2-3-13-23/h5-8,18H,1-4,9-16H2,(H,22,25). The summed E-state index contributed by atoms with van der Waals surface area (Å²) in [6, 6.07) is 6.77. The Morgan fingerprint density at radius 3 is 2.46 bits per heavy atom. The van der Waals surface area contributed by atoms with E-state index in [1.807, 2.05) is 4.90 Å². The van der Waals surface area contributed by atoms with Gasteiger partial charge in [-0.2, -0.15) is 0 Å². The van der Waals surface area contributed by atoms with Crippen molar-refractivity contribution in [2.45, 2.75) is 44.6 Å². The van der Waals surface area contributed by atoms with Gasteiger partial charge in [0.1, 0.15) is 11.6 Å². The van der Waals surface area contributed by atoms with Crippen LogP contribution >= 0.6 is 0 Å². The van der Waals surface area contributed by atoms with E-state index in [0.717, 1.165) is 38.8 Å². The lowest BCUT2D eigenvalue weighted by molar-refractivity contribution is 0.134. The minimum atomic E-state index is -0.260. The molecule has 5 nitrogen and oxygen atoms in total. The summed E-state index contributed by atoms with van der Waals surface area (Å²) < 4.78 is 18.4. The number of urea groups is 1. The monoisotopic (exact) mass is 363 g/mol. The summed E-state index contributed by atoms with van der Waals surface area (Å²) >= 11 is 0. The van der Waals surface area contributed by atoms with E-state index >= 15 is 0 Å². The van der Waals surface area contributed by atoms with Gasteiger partial charge in [-0.3, -0.25) is 0 Å². The third-order valence-electron chi connectivity index (χ3n) is 5.34. The lowest BCUT2D eigenvalue weighted by Crippen LogP contribution is -2.49. The van der Waals surface area contributed by atoms with Gasteiger partial charge in [-0.1, -0.05) is 0 Å². The number of benzene rings is 1. The molecule has 0 bridgehead atoms. The Labute approximate surface area is 155 Å². The van der Waals surface area contributed by atoms with Gasteiger partial charge in [0, 0.05) is 25.7 Å². The highest BCUT2D eigenvalue weighted by molar-refractivity contribution is 5.74. The molecule has 2 heterocycles. The Bertz CT molecular complexity index is 553. The smallest absolute Gasteiger partial charge is 0.317 e. The normalized spacial score (nSPS) is 18.9. The van der Waals surface area contributed by atoms with Crippen LogP contribution in [0.4, 0.5) is 9.18 Å². The molecule has 6 heteroatoms. The van der Waals surface area contributed by atoms with Crippen LogP contribution < -0.4 is 10.1 Å². The molecular weight excluding hydrogens is 333 g/mol. The number of piperidine rings is 1. The number of hydrogen-bond donors (Lipinski definition) is 1. The van der Waals surface area contributed by atoms with Crippen molar-refractivity contribution in [2.75, 3.05) is 39.3 Å². The van der Waals surface area contributed by atoms with E-state index in [1.165, 1.54) is 38.1 Å². The summed E-state index contributed by atoms with van der Waals surface area (Å²) in [4.78, 5) is 16.8. The van der Waals surface area contributed by atoms with E-state index in [1.54, 1.807) is 12.1 Å². The van der Waals surface area contributed by atoms with Crippen molar-refractivity contribution in [3.05, 3.63) is 30.1 Å². The SMILES string of the molecule is O=C(NCCCCOc1ccc(F)cc1)N1CCC(N2CCCC2)CC1. The minimum absolute atomic E-state index is 0.0596. The van der Waals surface area contributed by atoms with Crippen molar-refractivity contribution >= 4 is 6.03 Å². The van der Waals surface area contributed by atoms with Gasteiger partial charge in [0.2, 0.25) is 0 Å². The summed E-state index contributed by atoms with van der Waals surface area (Å²) in [5, 5.41) is 3.01. The highest BCUT2D eigenvalue weighted by atomic mass is 19.1. The number of carbonyl (C=O) groups excluding carboxylic acids is 1. The van der Waals surface area contributed by atoms with Crippen LogP contribution in [-0.2, 0) is 0 Å². The summed E-state index contributed by atoms with van der Waals surface area (Å²) in [5.41, 5.74) is 0. The first-order valence-electron chi connectivity index (χ1n) is 9.87. The average Bonchev–Trinajstić information content (AvgIpc) is 3.21. The van der Waals surface area contributed by atoms with E-state index in [4.69, 9.17) is 4.74 Å². The molecule has 0 radical (unpaired) electrons. The lowest BCUT2D eigenvalue weighted by Gasteiger charge is -2.36. The average molecular weight is 363 g/mol. The topological polar surface area (TPSA) is 44.8 Å². The molecule has 26 heavy (non-hydrogen) atoms. The third-order valence-corrected chi connectivity index (χ3v) is 5.34. The Morgan fingerprint density at radius 1 is 1.08 bits per heavy atom. The fourth-order valence-electron chi connectivity index (χ4n) is 3.80. The fraction of sp³-hybridized carbons (Fsp3) is 0.650. The molecule has 1 aromatic rings. The zero-order chi connectivity index (χ0) is 18.2. The zero-order valence-electron chi connectivity index (χ0n) is 15.5. The van der Waals surface area contributed by atoms with Crippen LogP contribution in [0.1, 0.15) is 38.5 Å². The molecule has 3 rings (SSSR count). The number of nitrogens with zero attached hydrogens (tertiary/aromatic N) is 2. The summed E-state index contributed by atoms with van der Waals surface area (Å²) in [5.74, 6) is 0.417. The van der Waals surface area contributed by atoms with Crippen LogP contribution in [0.3, 0.4) is 0 Å². The molecule has 0 spiro atoms. The van der Waals surface area contributed by atoms with Crippen molar-refractivity contribution in [1.29, 1.82) is 0 Å². The molecule has 2 saturated heterocycles. The molecule has 0 unspecified atom stereocenters. The quantitative estimate of drug-likeness (QED) is 0.757. The van der Waals surface area contributed by atoms with E-state index in [2.05, 4.69) is 10.2 Å². The molecule has 2 fully saturated rings. The van der Waals surface area contributed by atoms with E-state index in [-0.39, 0.29) is 11.8 Å². The number of rotatable bonds is 7. The predicted octanol–water partition coefficient (Wildman–Crippen LogP) is 3.25. The minimum Gasteiger partial charge on any atom is -0.494 e. The number of amides is 2. The molecule has 0 saturated carbocycles. The molecule has 144 valence electrons. The lowest BCUT2D eigenvalue weighted by atomic mass is 10.0. The Morgan fingerprint density at radius 2 is 1.77 bits per heavy atom. The van der Waals surface area contributed by atoms with Gasteiger partial charge in [0.25, 0.3) is 0 Å². The number of likely N-dealkylation sites (tertiary alicyclic amines) is 2. The van der Waals surface area contributed by atoms with E-state index in [0.29, 0.717) is 24.9 Å². The molecule has 2 aliphatic rings. The van der Waals surface area contributed by atoms with Crippen LogP contribution in [-0.4, -0.2) is 61.2 Å². The molecule has 1 aromatic carbocycles. The van der Waals surface area contributed by atoms with Crippen molar-refractivity contribution in [1.82, 2.24) is 15.1 Å². The number of unbranched alkanes of at least 4 members (excludes halogenated alkanes) is 1. The van der Waals surface area contributed by atoms with Gasteiger partial charge in [0.05, 0.1) is 6.61 Å². The first-order valence-corrected chi connectivity index (χ1v) is 9.87. The van der Waals surface area contributed by atoms with Crippen molar-refractivity contribution < 1.29 is 13.9 Å². The van der Waals surface area contributed by atoms with E-state index < -0.39 is 0 Å². The van der Waals surface area contributed by atoms with E-state index in [9.17, 15) is 9.18 Å². The first kappa shape index (κ1) is 19.0. The molecule has 0 atom stereocenters. The molecule has 0 aliphatic carbocycles. The zero-order valence-corrected chi connectivity index (χ0v) is 15.5. The van der Waals surface area contributed by atoms with Crippen LogP contribution in [0.15, 0.2) is 24.3 Å². The maximum absolute atomic E-state index is 12.8. The Kier molecular flexibility index (Phi) is 7.12. The van der Waals surface area contributed by atoms with Gasteiger partial charge >= 0.3 is 6.03 Å². The van der Waals surface area contributed by atoms with Crippen molar-refractivity contribution in [2.24, 2.45) is 0 Å². The molecule has 2 aliphatic heterocycles. The molecular formula is C20H30FN3O2. The second-order valence-corrected chi connectivity index (χ2v) is 7.20. The van der Waals surface area contributed by atoms with Crippen molar-refractivity contribution in [3.8, 4) is 5.75 Å². The second-order valence-electron chi connectivity index (χ2n) is 7.20. The highest BCUT2D eigenvalue weighted by Crippen LogP contribution is 2.21. The summed E-state index contributed by atoms with van der Waals surface area (Å²) in [7, 11) is 0. The fourth-order valence-corrected chi connectivity index (χ4v) is 3.80. The van der Waals surface area contributed by atoms with Gasteiger partial charge in [-0.25, -0.2) is 9.18 Å². The second kappa shape index (κ2) is 9.76. The maximum Gasteiger partial charge on any atom is 0.317 e. The van der Waals surface area contributed by atoms with Crippen LogP contribution in [0.5, 0.6) is 5.75 Å². The molecule has 2 amide bonds. The number of halogens is 1. The summed E-state index contributed by atoms with van der Waals surface area (Å²) in [6.07, 6.45) is 6.57. The molecule has 0 aromatic heterocycles. The maximum atomic E-state index is 12.8. The van der Waals surface area contributed by atoms with Crippen LogP contribution in [0, 0.1) is 5.82 Å². The number of carbonyl (C=O) groups is 1. The Balaban J connectivity index is 1.23. The predicted molar refractivity (Wildman–Crippen MR) is 99.9 cm³/mol. The number of ether oxygens (including phenoxy) is 1. The third kappa shape index (κ3) is 5.59. The van der Waals surface area contributed by atoms with Crippen molar-refractivity contribution in [3.63, 3.8) is 0 Å². The van der Waals surface area contributed by atoms with Gasteiger partial charge in [-0.05, 0) is 75.9 Å². The molecule has 1 N–H and O–H groups in total. The number of nitrogens with one attached hydrogen (secondary N) is 1.